The van der Waals surface area contributed by atoms with Gasteiger partial charge in [0.15, 0.2) is 11.8 Å². The summed E-state index contributed by atoms with van der Waals surface area (Å²) in [5.41, 5.74) is 30.2. The van der Waals surface area contributed by atoms with E-state index in [4.69, 9.17) is 34.5 Å². The van der Waals surface area contributed by atoms with Gasteiger partial charge in [0.2, 0.25) is 5.89 Å². The van der Waals surface area contributed by atoms with E-state index >= 15 is 0 Å². The highest BCUT2D eigenvalue weighted by atomic mass is 32.1. The molecule has 0 bridgehead atoms. The summed E-state index contributed by atoms with van der Waals surface area (Å²) in [6, 6.07) is 159. The molecule has 1 aliphatic rings. The molecule has 1 atom stereocenters. The molecule has 1 aliphatic heterocycles. The van der Waals surface area contributed by atoms with Gasteiger partial charge in [0.05, 0.1) is 17.1 Å². The van der Waals surface area contributed by atoms with Gasteiger partial charge in [-0.3, -0.25) is 0 Å². The maximum absolute atomic E-state index is 6.54. The molecule has 1 unspecified atom stereocenters. The van der Waals surface area contributed by atoms with Crippen molar-refractivity contribution in [2.75, 3.05) is 24.9 Å². The van der Waals surface area contributed by atoms with Crippen molar-refractivity contribution in [2.45, 2.75) is 6.23 Å². The molecule has 6 heterocycles. The van der Waals surface area contributed by atoms with Crippen LogP contribution in [-0.2, 0) is 0 Å². The number of rotatable bonds is 20. The third-order valence-corrected chi connectivity index (χ3v) is 27.2. The fraction of sp³-hybridized carbons (Fsp3) is 0.00862. The Balaban J connectivity index is 0.465. The van der Waals surface area contributed by atoms with Crippen LogP contribution in [0.5, 0.6) is 5.75 Å². The molecule has 24 aromatic rings. The lowest BCUT2D eigenvalue weighted by molar-refractivity contribution is 0.260. The quantitative estimate of drug-likeness (QED) is 0.0782. The highest BCUT2D eigenvalue weighted by Crippen LogP contribution is 2.48. The number of ether oxygens (including phenoxy) is 1. The van der Waals surface area contributed by atoms with Crippen molar-refractivity contribution in [2.24, 2.45) is 0 Å². The molecular formula is C116H76N12O2S2. The Morgan fingerprint density at radius 3 is 1.11 bits per heavy atom. The molecule has 132 heavy (non-hydrogen) atoms. The van der Waals surface area contributed by atoms with Crippen molar-refractivity contribution < 1.29 is 9.15 Å². The predicted octanol–water partition coefficient (Wildman–Crippen LogP) is 31.7. The molecule has 0 radical (unpaired) electrons. The van der Waals surface area contributed by atoms with Crippen molar-refractivity contribution in [1.82, 2.24) is 35.0 Å². The van der Waals surface area contributed by atoms with Crippen LogP contribution in [0.3, 0.4) is 0 Å². The zero-order valence-corrected chi connectivity index (χ0v) is 72.5. The number of nitrogens with zero attached hydrogens (tertiary/aromatic N) is 11. The van der Waals surface area contributed by atoms with Gasteiger partial charge in [-0.1, -0.05) is 200 Å². The molecule has 14 nitrogen and oxygen atoms in total. The molecule has 0 amide bonds. The van der Waals surface area contributed by atoms with E-state index in [1.165, 1.54) is 40.3 Å². The molecule has 0 saturated heterocycles. The van der Waals surface area contributed by atoms with Gasteiger partial charge in [0, 0.05) is 120 Å². The highest BCUT2D eigenvalue weighted by Gasteiger charge is 2.27. The number of para-hydroxylation sites is 4. The molecule has 16 heteroatoms. The number of benzene rings is 19. The van der Waals surface area contributed by atoms with E-state index in [-0.39, 0.29) is 6.23 Å². The summed E-state index contributed by atoms with van der Waals surface area (Å²) in [6.07, 6.45) is -0.248. The molecule has 1 N–H and O–H groups in total. The summed E-state index contributed by atoms with van der Waals surface area (Å²) in [5, 5.41) is 28.5. The lowest BCUT2D eigenvalue weighted by Crippen LogP contribution is -2.12. The Morgan fingerprint density at radius 1 is 0.242 bits per heavy atom. The Morgan fingerprint density at radius 2 is 0.598 bits per heavy atom. The van der Waals surface area contributed by atoms with Gasteiger partial charge in [-0.25, -0.2) is 4.98 Å². The first-order chi connectivity index (χ1) is 65.3. The van der Waals surface area contributed by atoms with E-state index in [0.717, 1.165) is 174 Å². The second-order valence-electron chi connectivity index (χ2n) is 33.0. The average Bonchev–Trinajstić information content (AvgIpc) is 1.60. The molecular weight excluding hydrogens is 1660 g/mol. The van der Waals surface area contributed by atoms with Crippen LogP contribution in [0, 0.1) is 0 Å². The van der Waals surface area contributed by atoms with E-state index in [0.29, 0.717) is 11.5 Å². The smallest absolute Gasteiger partial charge is 0.227 e. The Labute approximate surface area is 767 Å². The Kier molecular flexibility index (Phi) is 19.0. The molecule has 25 rings (SSSR count). The van der Waals surface area contributed by atoms with Crippen LogP contribution in [0.1, 0.15) is 11.8 Å². The molecule has 0 saturated carbocycles. The highest BCUT2D eigenvalue weighted by molar-refractivity contribution is 7.26. The third kappa shape index (κ3) is 14.4. The van der Waals surface area contributed by atoms with E-state index in [1.54, 1.807) is 9.59 Å². The lowest BCUT2D eigenvalue weighted by atomic mass is 9.98. The van der Waals surface area contributed by atoms with Crippen molar-refractivity contribution in [3.05, 3.63) is 454 Å². The fourth-order valence-corrected chi connectivity index (χ4v) is 20.5. The predicted molar refractivity (Wildman–Crippen MR) is 544 cm³/mol. The molecule has 19 aromatic carbocycles. The van der Waals surface area contributed by atoms with Gasteiger partial charge in [-0.2, -0.15) is 9.59 Å². The Hall–Kier alpha value is -17.3. The zero-order valence-electron chi connectivity index (χ0n) is 70.9. The van der Waals surface area contributed by atoms with Gasteiger partial charge in [-0.05, 0) is 293 Å². The fourth-order valence-electron chi connectivity index (χ4n) is 18.4. The number of fused-ring (bicyclic) bond motifs is 10. The first kappa shape index (κ1) is 77.1. The molecule has 0 aliphatic carbocycles. The van der Waals surface area contributed by atoms with Crippen LogP contribution in [0.2, 0.25) is 0 Å². The van der Waals surface area contributed by atoms with Crippen molar-refractivity contribution in [3.8, 4) is 73.1 Å². The van der Waals surface area contributed by atoms with Crippen LogP contribution < -0.4 is 29.7 Å². The van der Waals surface area contributed by atoms with Crippen molar-refractivity contribution >= 4 is 170 Å². The monoisotopic (exact) mass is 1730 g/mol. The second kappa shape index (κ2) is 32.5. The van der Waals surface area contributed by atoms with Crippen LogP contribution in [0.4, 0.5) is 73.9 Å². The zero-order chi connectivity index (χ0) is 87.1. The SMILES string of the molecule is c1ccc(N(c2ccc(-c3cccc(-c4ccc(N(c5ccccc5)c5ccc(C6Nc7ccccc7O6)cc5)cc4)c3)cc2)c2ccc(-c3nc4cc(-c5ccc6nn(-c7cccc(N(c8ccc(-c9ccc(N(c%10cccc(-n%11nc%12ccccc%12n%11)c%10)c%10ccc%11sc%12ccccc%12c%11c%10)cc9)cc8)c8ccc9sc%10ccccc%10c9c8)c7)nc6c5)ccc4o3)cc2)cc1. The van der Waals surface area contributed by atoms with Crippen LogP contribution in [-0.4, -0.2) is 35.0 Å². The molecule has 5 aromatic heterocycles. The Bertz CT molecular complexity index is 8430. The number of aromatic nitrogens is 7. The van der Waals surface area contributed by atoms with Gasteiger partial charge >= 0.3 is 0 Å². The summed E-state index contributed by atoms with van der Waals surface area (Å²) >= 11 is 3.64. The molecule has 0 spiro atoms. The summed E-state index contributed by atoms with van der Waals surface area (Å²) < 4.78 is 17.8. The van der Waals surface area contributed by atoms with Crippen LogP contribution in [0.15, 0.2) is 453 Å². The maximum atomic E-state index is 6.54. The largest absolute Gasteiger partial charge is 0.464 e. The lowest BCUT2D eigenvalue weighted by Gasteiger charge is -2.27. The third-order valence-electron chi connectivity index (χ3n) is 24.9. The average molecular weight is 1730 g/mol. The van der Waals surface area contributed by atoms with E-state index in [9.17, 15) is 0 Å². The number of nitrogens with one attached hydrogen (secondary N) is 1. The number of thiophene rings is 2. The molecule has 0 fully saturated rings. The number of oxazole rings is 1. The summed E-state index contributed by atoms with van der Waals surface area (Å²) in [7, 11) is 0. The maximum Gasteiger partial charge on any atom is 0.227 e. The summed E-state index contributed by atoms with van der Waals surface area (Å²) in [5.74, 6) is 1.40. The van der Waals surface area contributed by atoms with Gasteiger partial charge in [0.25, 0.3) is 0 Å². The minimum absolute atomic E-state index is 0.248. The van der Waals surface area contributed by atoms with Crippen molar-refractivity contribution in [3.63, 3.8) is 0 Å². The normalized spacial score (nSPS) is 12.4. The van der Waals surface area contributed by atoms with Crippen LogP contribution in [0.25, 0.3) is 141 Å². The molecule has 624 valence electrons. The van der Waals surface area contributed by atoms with E-state index in [1.807, 2.05) is 83.3 Å². The summed E-state index contributed by atoms with van der Waals surface area (Å²) in [6.45, 7) is 0. The second-order valence-corrected chi connectivity index (χ2v) is 35.2. The topological polar surface area (TPSA) is 122 Å². The minimum Gasteiger partial charge on any atom is -0.464 e. The van der Waals surface area contributed by atoms with Crippen molar-refractivity contribution in [1.29, 1.82) is 0 Å². The van der Waals surface area contributed by atoms with E-state index in [2.05, 4.69) is 413 Å². The first-order valence-electron chi connectivity index (χ1n) is 44.0. The van der Waals surface area contributed by atoms with Gasteiger partial charge in [0.1, 0.15) is 33.3 Å². The van der Waals surface area contributed by atoms with Gasteiger partial charge < -0.3 is 34.1 Å². The minimum atomic E-state index is -0.248. The first-order valence-corrected chi connectivity index (χ1v) is 45.6. The number of hydrogen-bond donors (Lipinski definition) is 1. The number of anilines is 13. The van der Waals surface area contributed by atoms with Crippen LogP contribution >= 0.6 is 22.7 Å². The van der Waals surface area contributed by atoms with Gasteiger partial charge in [-0.15, -0.1) is 43.1 Å². The summed E-state index contributed by atoms with van der Waals surface area (Å²) in [4.78, 5) is 17.8. The van der Waals surface area contributed by atoms with E-state index < -0.39 is 0 Å². The number of hydrogen-bond acceptors (Lipinski definition) is 14. The standard InChI is InChI=1S/C116H76N12O2S2/c1-3-20-85(21-4-1)123(89-58-44-79(45-59-89)115-117-106-32-11-12-33-109(106)129-115)87-54-40-77(41-55-87)81-18-15-19-82(68-81)78-42-56-88(57-43-78)124(86-22-5-2-6-23-86)90-60-46-80(47-61-90)116-118-108-70-84(49-65-110(108)130-116)83-48-64-105-107(69-83)122-128(121-105)98-27-17-25-94(72-98)126(96-63-67-114-102(74-96)100-29-8-14-35-112(100)132-114)92-52-38-76(39-53-92)75-36-50-91(51-37-75)125(95-62-66-113-101(73-95)99-28-7-13-34-111(99)131-113)93-24-16-26-97(71-93)127-119-103-30-9-10-31-104(103)120-127/h1-74,115,117H.